The highest BCUT2D eigenvalue weighted by Gasteiger charge is 2.22. The summed E-state index contributed by atoms with van der Waals surface area (Å²) in [7, 11) is -3.72. The first kappa shape index (κ1) is 22.0. The maximum Gasteiger partial charge on any atom is 0.251 e. The van der Waals surface area contributed by atoms with Gasteiger partial charge in [-0.3, -0.25) is 14.7 Å². The van der Waals surface area contributed by atoms with Gasteiger partial charge in [-0.25, -0.2) is 8.42 Å². The summed E-state index contributed by atoms with van der Waals surface area (Å²) in [6, 6.07) is 2.40. The topological polar surface area (TPSA) is 122 Å². The number of rotatable bonds is 9. The second-order valence-electron chi connectivity index (χ2n) is 5.89. The molecule has 28 heavy (non-hydrogen) atoms. The van der Waals surface area contributed by atoms with E-state index in [2.05, 4.69) is 15.5 Å². The van der Waals surface area contributed by atoms with Gasteiger partial charge in [0.05, 0.1) is 11.4 Å². The maximum atomic E-state index is 12.6. The standard InChI is InChI=1S/C16H24N6O4S2/c1-4-21(5-2)28(25,26)12-7-8-15(24)20(10-12)11-14(23)17-9-13-18-19-16(27)22(13)6-3/h7-8,10H,4-6,9,11H2,1-3H3,(H,17,23)(H,19,27). The minimum absolute atomic E-state index is 0.0320. The van der Waals surface area contributed by atoms with Crippen LogP contribution in [0.4, 0.5) is 0 Å². The first-order valence-electron chi connectivity index (χ1n) is 8.85. The maximum absolute atomic E-state index is 12.6. The number of carbonyl (C=O) groups is 1. The van der Waals surface area contributed by atoms with Crippen molar-refractivity contribution in [3.8, 4) is 0 Å². The minimum atomic E-state index is -3.72. The van der Waals surface area contributed by atoms with Crippen LogP contribution in [0.1, 0.15) is 26.6 Å². The highest BCUT2D eigenvalue weighted by atomic mass is 32.2. The van der Waals surface area contributed by atoms with Gasteiger partial charge < -0.3 is 14.5 Å². The molecule has 2 aromatic rings. The number of sulfonamides is 1. The second kappa shape index (κ2) is 9.26. The van der Waals surface area contributed by atoms with Crippen molar-refractivity contribution < 1.29 is 13.2 Å². The number of aromatic amines is 1. The molecule has 0 aromatic carbocycles. The molecule has 10 nitrogen and oxygen atoms in total. The molecule has 0 aliphatic heterocycles. The summed E-state index contributed by atoms with van der Waals surface area (Å²) in [5.41, 5.74) is -0.468. The summed E-state index contributed by atoms with van der Waals surface area (Å²) in [4.78, 5) is 24.3. The van der Waals surface area contributed by atoms with Gasteiger partial charge in [-0.05, 0) is 25.2 Å². The SMILES string of the molecule is CCN(CC)S(=O)(=O)c1ccc(=O)n(CC(=O)NCc2n[nH]c(=S)n2CC)c1. The second-order valence-corrected chi connectivity index (χ2v) is 8.21. The van der Waals surface area contributed by atoms with Crippen molar-refractivity contribution in [2.75, 3.05) is 13.1 Å². The van der Waals surface area contributed by atoms with Crippen LogP contribution in [-0.4, -0.2) is 51.1 Å². The lowest BCUT2D eigenvalue weighted by Gasteiger charge is -2.19. The van der Waals surface area contributed by atoms with Crippen molar-refractivity contribution in [1.29, 1.82) is 0 Å². The summed E-state index contributed by atoms with van der Waals surface area (Å²) in [5.74, 6) is 0.113. The van der Waals surface area contributed by atoms with E-state index in [4.69, 9.17) is 12.2 Å². The molecule has 1 amide bonds. The summed E-state index contributed by atoms with van der Waals surface area (Å²) in [6.07, 6.45) is 1.19. The van der Waals surface area contributed by atoms with Crippen LogP contribution in [-0.2, 0) is 34.5 Å². The van der Waals surface area contributed by atoms with Crippen LogP contribution in [0.25, 0.3) is 0 Å². The molecule has 0 unspecified atom stereocenters. The highest BCUT2D eigenvalue weighted by Crippen LogP contribution is 2.13. The number of pyridine rings is 1. The lowest BCUT2D eigenvalue weighted by molar-refractivity contribution is -0.121. The minimum Gasteiger partial charge on any atom is -0.347 e. The number of H-pyrrole nitrogens is 1. The lowest BCUT2D eigenvalue weighted by atomic mass is 10.4. The number of hydrogen-bond acceptors (Lipinski definition) is 6. The number of carbonyl (C=O) groups excluding carboxylic acids is 1. The molecule has 0 radical (unpaired) electrons. The van der Waals surface area contributed by atoms with Crippen LogP contribution >= 0.6 is 12.2 Å². The normalized spacial score (nSPS) is 11.7. The van der Waals surface area contributed by atoms with E-state index in [1.165, 1.54) is 16.6 Å². The van der Waals surface area contributed by atoms with Gasteiger partial charge in [0.15, 0.2) is 10.6 Å². The first-order valence-corrected chi connectivity index (χ1v) is 10.7. The molecular weight excluding hydrogens is 404 g/mol. The monoisotopic (exact) mass is 428 g/mol. The van der Waals surface area contributed by atoms with Gasteiger partial charge in [0.1, 0.15) is 6.54 Å². The van der Waals surface area contributed by atoms with Crippen LogP contribution < -0.4 is 10.9 Å². The summed E-state index contributed by atoms with van der Waals surface area (Å²) < 4.78 is 29.8. The molecule has 0 aliphatic rings. The Hall–Kier alpha value is -2.31. The van der Waals surface area contributed by atoms with Gasteiger partial charge in [-0.15, -0.1) is 0 Å². The van der Waals surface area contributed by atoms with Crippen molar-refractivity contribution in [2.45, 2.75) is 45.3 Å². The van der Waals surface area contributed by atoms with E-state index >= 15 is 0 Å². The Balaban J connectivity index is 2.16. The van der Waals surface area contributed by atoms with Gasteiger partial charge in [-0.1, -0.05) is 13.8 Å². The first-order chi connectivity index (χ1) is 13.2. The number of nitrogens with zero attached hydrogens (tertiary/aromatic N) is 4. The number of aromatic nitrogens is 4. The molecule has 0 saturated heterocycles. The van der Waals surface area contributed by atoms with E-state index < -0.39 is 21.5 Å². The van der Waals surface area contributed by atoms with E-state index in [-0.39, 0.29) is 18.0 Å². The van der Waals surface area contributed by atoms with Crippen LogP contribution in [0.2, 0.25) is 0 Å². The van der Waals surface area contributed by atoms with Crippen molar-refractivity contribution in [3.05, 3.63) is 39.3 Å². The van der Waals surface area contributed by atoms with E-state index in [0.717, 1.165) is 10.6 Å². The molecular formula is C16H24N6O4S2. The third-order valence-corrected chi connectivity index (χ3v) is 6.56. The van der Waals surface area contributed by atoms with Crippen LogP contribution in [0.15, 0.2) is 28.0 Å². The van der Waals surface area contributed by atoms with Gasteiger partial charge in [0.25, 0.3) is 5.56 Å². The fraction of sp³-hybridized carbons (Fsp3) is 0.500. The predicted molar refractivity (Wildman–Crippen MR) is 106 cm³/mol. The zero-order valence-corrected chi connectivity index (χ0v) is 17.6. The van der Waals surface area contributed by atoms with Crippen molar-refractivity contribution in [3.63, 3.8) is 0 Å². The fourth-order valence-corrected chi connectivity index (χ4v) is 4.46. The molecule has 154 valence electrons. The van der Waals surface area contributed by atoms with Crippen molar-refractivity contribution in [1.82, 2.24) is 29.0 Å². The summed E-state index contributed by atoms with van der Waals surface area (Å²) in [6.45, 7) is 6.41. The number of nitrogens with one attached hydrogen (secondary N) is 2. The van der Waals surface area contributed by atoms with E-state index in [0.29, 0.717) is 30.2 Å². The van der Waals surface area contributed by atoms with Gasteiger partial charge in [-0.2, -0.15) is 9.40 Å². The quantitative estimate of drug-likeness (QED) is 0.560. The lowest BCUT2D eigenvalue weighted by Crippen LogP contribution is -2.34. The third kappa shape index (κ3) is 4.75. The molecule has 12 heteroatoms. The van der Waals surface area contributed by atoms with E-state index in [9.17, 15) is 18.0 Å². The molecule has 0 atom stereocenters. The smallest absolute Gasteiger partial charge is 0.251 e. The molecule has 2 heterocycles. The largest absolute Gasteiger partial charge is 0.347 e. The third-order valence-electron chi connectivity index (χ3n) is 4.21. The Morgan fingerprint density at radius 2 is 1.96 bits per heavy atom. The Bertz CT molecular complexity index is 1050. The molecule has 2 rings (SSSR count). The van der Waals surface area contributed by atoms with E-state index in [1.54, 1.807) is 18.4 Å². The average Bonchev–Trinajstić information content (AvgIpc) is 3.02. The molecule has 0 bridgehead atoms. The Kier molecular flexibility index (Phi) is 7.27. The molecule has 2 N–H and O–H groups in total. The Labute approximate surface area is 168 Å². The Morgan fingerprint density at radius 1 is 1.29 bits per heavy atom. The number of amides is 1. The zero-order chi connectivity index (χ0) is 20.9. The fourth-order valence-electron chi connectivity index (χ4n) is 2.70. The van der Waals surface area contributed by atoms with Gasteiger partial charge >= 0.3 is 0 Å². The van der Waals surface area contributed by atoms with Gasteiger partial charge in [0.2, 0.25) is 15.9 Å². The molecule has 0 fully saturated rings. The summed E-state index contributed by atoms with van der Waals surface area (Å²) in [5, 5.41) is 9.36. The Morgan fingerprint density at radius 3 is 2.57 bits per heavy atom. The molecule has 0 aliphatic carbocycles. The molecule has 0 spiro atoms. The summed E-state index contributed by atoms with van der Waals surface area (Å²) >= 11 is 5.09. The van der Waals surface area contributed by atoms with Crippen molar-refractivity contribution >= 4 is 28.1 Å². The average molecular weight is 429 g/mol. The van der Waals surface area contributed by atoms with Crippen molar-refractivity contribution in [2.24, 2.45) is 0 Å². The van der Waals surface area contributed by atoms with Crippen LogP contribution in [0.5, 0.6) is 0 Å². The highest BCUT2D eigenvalue weighted by molar-refractivity contribution is 7.89. The molecule has 2 aromatic heterocycles. The van der Waals surface area contributed by atoms with Gasteiger partial charge in [0, 0.05) is 31.9 Å². The van der Waals surface area contributed by atoms with Crippen LogP contribution in [0, 0.1) is 4.77 Å². The molecule has 0 saturated carbocycles. The zero-order valence-electron chi connectivity index (χ0n) is 16.0. The van der Waals surface area contributed by atoms with Crippen LogP contribution in [0.3, 0.4) is 0 Å². The van der Waals surface area contributed by atoms with E-state index in [1.807, 2.05) is 6.92 Å². The number of hydrogen-bond donors (Lipinski definition) is 2. The predicted octanol–water partition coefficient (Wildman–Crippen LogP) is 0.469.